The van der Waals surface area contributed by atoms with E-state index in [0.29, 0.717) is 31.6 Å². The van der Waals surface area contributed by atoms with Gasteiger partial charge in [-0.2, -0.15) is 4.31 Å². The van der Waals surface area contributed by atoms with E-state index in [-0.39, 0.29) is 34.9 Å². The lowest BCUT2D eigenvalue weighted by molar-refractivity contribution is -0.126. The Balaban J connectivity index is 1.65. The Morgan fingerprint density at radius 3 is 2.66 bits per heavy atom. The summed E-state index contributed by atoms with van der Waals surface area (Å²) in [6, 6.07) is 10.1. The molecule has 0 radical (unpaired) electrons. The van der Waals surface area contributed by atoms with Gasteiger partial charge in [-0.1, -0.05) is 42.4 Å². The van der Waals surface area contributed by atoms with Crippen molar-refractivity contribution in [2.24, 2.45) is 5.92 Å². The summed E-state index contributed by atoms with van der Waals surface area (Å²) in [6.07, 6.45) is 2.25. The van der Waals surface area contributed by atoms with Crippen LogP contribution in [0.25, 0.3) is 0 Å². The van der Waals surface area contributed by atoms with Gasteiger partial charge in [0.1, 0.15) is 10.6 Å². The van der Waals surface area contributed by atoms with Crippen molar-refractivity contribution >= 4 is 15.9 Å². The van der Waals surface area contributed by atoms with E-state index < -0.39 is 10.0 Å². The highest BCUT2D eigenvalue weighted by Crippen LogP contribution is 2.28. The molecule has 1 N–H and O–H groups in total. The zero-order valence-corrected chi connectivity index (χ0v) is 18.0. The molecule has 1 fully saturated rings. The summed E-state index contributed by atoms with van der Waals surface area (Å²) in [4.78, 5) is 12.9. The molecule has 8 heteroatoms. The van der Waals surface area contributed by atoms with Crippen LogP contribution in [0.15, 0.2) is 39.8 Å². The van der Waals surface area contributed by atoms with Crippen LogP contribution in [0.2, 0.25) is 0 Å². The number of amides is 1. The van der Waals surface area contributed by atoms with Crippen LogP contribution in [-0.2, 0) is 14.8 Å². The second kappa shape index (κ2) is 9.09. The molecule has 1 saturated heterocycles. The van der Waals surface area contributed by atoms with Crippen LogP contribution in [0.5, 0.6) is 0 Å². The Morgan fingerprint density at radius 1 is 1.31 bits per heavy atom. The molecule has 1 aliphatic heterocycles. The van der Waals surface area contributed by atoms with E-state index in [1.807, 2.05) is 18.2 Å². The lowest BCUT2D eigenvalue weighted by Gasteiger charge is -2.31. The predicted molar refractivity (Wildman–Crippen MR) is 110 cm³/mol. The van der Waals surface area contributed by atoms with Gasteiger partial charge in [-0.05, 0) is 38.7 Å². The first-order chi connectivity index (χ1) is 13.8. The van der Waals surface area contributed by atoms with Crippen LogP contribution >= 0.6 is 0 Å². The van der Waals surface area contributed by atoms with E-state index in [1.165, 1.54) is 9.87 Å². The lowest BCUT2D eigenvalue weighted by atomic mass is 9.95. The number of rotatable bonds is 7. The van der Waals surface area contributed by atoms with E-state index >= 15 is 0 Å². The van der Waals surface area contributed by atoms with Crippen molar-refractivity contribution in [1.29, 1.82) is 0 Å². The van der Waals surface area contributed by atoms with Crippen molar-refractivity contribution in [2.75, 3.05) is 19.6 Å². The SMILES string of the molecule is CC[C@@H](CNC(=O)[C@H]1CCCN(S(=O)(=O)c2c(C)noc2C)C1)c1ccccc1. The van der Waals surface area contributed by atoms with Gasteiger partial charge < -0.3 is 9.84 Å². The number of hydrogen-bond donors (Lipinski definition) is 1. The van der Waals surface area contributed by atoms with Crippen molar-refractivity contribution in [3.05, 3.63) is 47.3 Å². The van der Waals surface area contributed by atoms with Crippen LogP contribution in [0.3, 0.4) is 0 Å². The molecule has 0 bridgehead atoms. The molecular formula is C21H29N3O4S. The minimum Gasteiger partial charge on any atom is -0.360 e. The fraction of sp³-hybridized carbons (Fsp3) is 0.524. The molecule has 0 unspecified atom stereocenters. The van der Waals surface area contributed by atoms with Crippen LogP contribution in [0.1, 0.15) is 49.1 Å². The van der Waals surface area contributed by atoms with E-state index in [0.717, 1.165) is 6.42 Å². The average molecular weight is 420 g/mol. The molecule has 7 nitrogen and oxygen atoms in total. The Kier molecular flexibility index (Phi) is 6.74. The summed E-state index contributed by atoms with van der Waals surface area (Å²) >= 11 is 0. The average Bonchev–Trinajstić information content (AvgIpc) is 3.08. The van der Waals surface area contributed by atoms with Crippen molar-refractivity contribution in [1.82, 2.24) is 14.8 Å². The number of sulfonamides is 1. The van der Waals surface area contributed by atoms with Gasteiger partial charge >= 0.3 is 0 Å². The van der Waals surface area contributed by atoms with Gasteiger partial charge in [-0.15, -0.1) is 0 Å². The molecule has 2 heterocycles. The first kappa shape index (κ1) is 21.5. The molecule has 1 aromatic heterocycles. The van der Waals surface area contributed by atoms with Gasteiger partial charge in [0.2, 0.25) is 15.9 Å². The van der Waals surface area contributed by atoms with Crippen molar-refractivity contribution in [3.8, 4) is 0 Å². The van der Waals surface area contributed by atoms with Crippen LogP contribution in [0.4, 0.5) is 0 Å². The van der Waals surface area contributed by atoms with Gasteiger partial charge in [0.25, 0.3) is 0 Å². The number of carbonyl (C=O) groups is 1. The number of benzene rings is 1. The van der Waals surface area contributed by atoms with Crippen LogP contribution < -0.4 is 5.32 Å². The van der Waals surface area contributed by atoms with E-state index in [4.69, 9.17) is 4.52 Å². The molecule has 2 atom stereocenters. The number of piperidine rings is 1. The Hall–Kier alpha value is -2.19. The molecule has 1 aromatic carbocycles. The Morgan fingerprint density at radius 2 is 2.03 bits per heavy atom. The number of nitrogens with zero attached hydrogens (tertiary/aromatic N) is 2. The third-order valence-electron chi connectivity index (χ3n) is 5.61. The first-order valence-electron chi connectivity index (χ1n) is 10.1. The molecule has 158 valence electrons. The largest absolute Gasteiger partial charge is 0.360 e. The molecule has 0 aliphatic carbocycles. The minimum absolute atomic E-state index is 0.0851. The standard InChI is InChI=1S/C21H29N3O4S/c1-4-17(18-9-6-5-7-10-18)13-22-21(25)19-11-8-12-24(14-19)29(26,27)20-15(2)23-28-16(20)3/h5-7,9-10,17,19H,4,8,11-14H2,1-3H3,(H,22,25)/t17-,19-/m0/s1. The first-order valence-corrected chi connectivity index (χ1v) is 11.5. The number of aromatic nitrogens is 1. The van der Waals surface area contributed by atoms with Gasteiger partial charge in [-0.25, -0.2) is 8.42 Å². The summed E-state index contributed by atoms with van der Waals surface area (Å²) in [5.74, 6) is 0.0823. The van der Waals surface area contributed by atoms with Crippen LogP contribution in [-0.4, -0.2) is 43.4 Å². The molecule has 1 amide bonds. The maximum Gasteiger partial charge on any atom is 0.248 e. The van der Waals surface area contributed by atoms with Gasteiger partial charge in [0.05, 0.1) is 5.92 Å². The summed E-state index contributed by atoms with van der Waals surface area (Å²) in [7, 11) is -3.73. The maximum atomic E-state index is 13.0. The minimum atomic E-state index is -3.73. The van der Waals surface area contributed by atoms with Crippen molar-refractivity contribution < 1.29 is 17.7 Å². The summed E-state index contributed by atoms with van der Waals surface area (Å²) in [5.41, 5.74) is 1.55. The fourth-order valence-electron chi connectivity index (χ4n) is 3.94. The highest BCUT2D eigenvalue weighted by Gasteiger charge is 2.36. The molecule has 3 rings (SSSR count). The molecule has 0 saturated carbocycles. The smallest absolute Gasteiger partial charge is 0.248 e. The van der Waals surface area contributed by atoms with E-state index in [2.05, 4.69) is 29.5 Å². The molecule has 2 aromatic rings. The van der Waals surface area contributed by atoms with Crippen molar-refractivity contribution in [3.63, 3.8) is 0 Å². The zero-order chi connectivity index (χ0) is 21.0. The monoisotopic (exact) mass is 419 g/mol. The quantitative estimate of drug-likeness (QED) is 0.745. The van der Waals surface area contributed by atoms with Crippen LogP contribution in [0, 0.1) is 19.8 Å². The summed E-state index contributed by atoms with van der Waals surface area (Å²) < 4.78 is 32.5. The number of aryl methyl sites for hydroxylation is 2. The molecule has 29 heavy (non-hydrogen) atoms. The summed E-state index contributed by atoms with van der Waals surface area (Å²) in [6.45, 7) is 6.44. The third-order valence-corrected chi connectivity index (χ3v) is 7.72. The number of carbonyl (C=O) groups excluding carboxylic acids is 1. The van der Waals surface area contributed by atoms with Gasteiger partial charge in [0, 0.05) is 25.6 Å². The number of hydrogen-bond acceptors (Lipinski definition) is 5. The highest BCUT2D eigenvalue weighted by atomic mass is 32.2. The second-order valence-electron chi connectivity index (χ2n) is 7.62. The van der Waals surface area contributed by atoms with Gasteiger partial charge in [-0.3, -0.25) is 4.79 Å². The molecule has 1 aliphatic rings. The van der Waals surface area contributed by atoms with Crippen molar-refractivity contribution in [2.45, 2.75) is 50.8 Å². The number of nitrogens with one attached hydrogen (secondary N) is 1. The summed E-state index contributed by atoms with van der Waals surface area (Å²) in [5, 5.41) is 6.80. The second-order valence-corrected chi connectivity index (χ2v) is 9.49. The van der Waals surface area contributed by atoms with Gasteiger partial charge in [0.15, 0.2) is 5.76 Å². The lowest BCUT2D eigenvalue weighted by Crippen LogP contribution is -2.46. The molecular weight excluding hydrogens is 390 g/mol. The maximum absolute atomic E-state index is 13.0. The van der Waals surface area contributed by atoms with E-state index in [1.54, 1.807) is 13.8 Å². The highest BCUT2D eigenvalue weighted by molar-refractivity contribution is 7.89. The Bertz CT molecular complexity index is 921. The van der Waals surface area contributed by atoms with E-state index in [9.17, 15) is 13.2 Å². The Labute approximate surface area is 172 Å². The predicted octanol–water partition coefficient (Wildman–Crippen LogP) is 3.00. The fourth-order valence-corrected chi connectivity index (χ4v) is 5.75. The topological polar surface area (TPSA) is 92.5 Å². The normalized spacial score (nSPS) is 19.1. The zero-order valence-electron chi connectivity index (χ0n) is 17.2. The third kappa shape index (κ3) is 4.70. The molecule has 0 spiro atoms.